The van der Waals surface area contributed by atoms with Crippen molar-refractivity contribution < 1.29 is 14.7 Å². The summed E-state index contributed by atoms with van der Waals surface area (Å²) in [6, 6.07) is 23.4. The lowest BCUT2D eigenvalue weighted by Gasteiger charge is -2.16. The number of hydrogen-bond donors (Lipinski definition) is 4. The molecule has 1 atom stereocenters. The van der Waals surface area contributed by atoms with E-state index in [-0.39, 0.29) is 6.42 Å². The van der Waals surface area contributed by atoms with E-state index in [1.165, 1.54) is 0 Å². The van der Waals surface area contributed by atoms with Crippen molar-refractivity contribution in [3.05, 3.63) is 102 Å². The summed E-state index contributed by atoms with van der Waals surface area (Å²) >= 11 is 1.56. The molecule has 2 amide bonds. The Kier molecular flexibility index (Phi) is 7.62. The molecule has 0 saturated heterocycles. The van der Waals surface area contributed by atoms with Gasteiger partial charge in [-0.1, -0.05) is 78.5 Å². The van der Waals surface area contributed by atoms with E-state index in [0.717, 1.165) is 27.4 Å². The zero-order valence-corrected chi connectivity index (χ0v) is 19.1. The fraction of sp³-hybridized carbons (Fsp3) is 0.115. The lowest BCUT2D eigenvalue weighted by Crippen LogP contribution is -2.44. The van der Waals surface area contributed by atoms with Crippen LogP contribution in [0.1, 0.15) is 11.1 Å². The van der Waals surface area contributed by atoms with Gasteiger partial charge in [-0.2, -0.15) is 0 Å². The second-order valence-electron chi connectivity index (χ2n) is 7.64. The molecule has 34 heavy (non-hydrogen) atoms. The highest BCUT2D eigenvalue weighted by Crippen LogP contribution is 2.22. The van der Waals surface area contributed by atoms with Gasteiger partial charge in [-0.3, -0.25) is 0 Å². The number of benzene rings is 3. The fourth-order valence-corrected chi connectivity index (χ4v) is 4.24. The van der Waals surface area contributed by atoms with Crippen LogP contribution >= 0.6 is 11.8 Å². The average molecular weight is 473 g/mol. The molecule has 0 aliphatic carbocycles. The summed E-state index contributed by atoms with van der Waals surface area (Å²) in [7, 11) is 0. The van der Waals surface area contributed by atoms with Gasteiger partial charge in [0.1, 0.15) is 6.04 Å². The second kappa shape index (κ2) is 11.2. The number of anilines is 1. The highest BCUT2D eigenvalue weighted by atomic mass is 32.2. The van der Waals surface area contributed by atoms with E-state index in [4.69, 9.17) is 0 Å². The molecule has 0 fully saturated rings. The third-order valence-electron chi connectivity index (χ3n) is 5.13. The van der Waals surface area contributed by atoms with Crippen molar-refractivity contribution in [2.75, 3.05) is 5.32 Å². The molecule has 0 aliphatic heterocycles. The largest absolute Gasteiger partial charge is 0.480 e. The minimum Gasteiger partial charge on any atom is -0.480 e. The molecule has 8 heteroatoms. The Morgan fingerprint density at radius 3 is 2.38 bits per heavy atom. The van der Waals surface area contributed by atoms with Crippen LogP contribution < -0.4 is 10.6 Å². The summed E-state index contributed by atoms with van der Waals surface area (Å²) in [5, 5.41) is 15.7. The summed E-state index contributed by atoms with van der Waals surface area (Å²) in [5.74, 6) is -0.392. The predicted octanol–water partition coefficient (Wildman–Crippen LogP) is 5.19. The Labute approximate surface area is 201 Å². The number of H-pyrrole nitrogens is 1. The third-order valence-corrected chi connectivity index (χ3v) is 6.11. The quantitative estimate of drug-likeness (QED) is 0.251. The number of hydrogen-bond acceptors (Lipinski definition) is 4. The second-order valence-corrected chi connectivity index (χ2v) is 8.60. The molecule has 1 unspecified atom stereocenters. The number of aliphatic carboxylic acids is 1. The maximum absolute atomic E-state index is 12.5. The van der Waals surface area contributed by atoms with Gasteiger partial charge in [0, 0.05) is 30.3 Å². The zero-order chi connectivity index (χ0) is 23.8. The minimum atomic E-state index is -1.09. The molecule has 4 rings (SSSR count). The number of urea groups is 1. The van der Waals surface area contributed by atoms with Gasteiger partial charge >= 0.3 is 12.0 Å². The van der Waals surface area contributed by atoms with Crippen LogP contribution in [-0.4, -0.2) is 33.1 Å². The van der Waals surface area contributed by atoms with Crippen LogP contribution in [0.25, 0.3) is 11.1 Å². The first kappa shape index (κ1) is 23.1. The van der Waals surface area contributed by atoms with Crippen LogP contribution in [0.4, 0.5) is 10.5 Å². The third kappa shape index (κ3) is 6.49. The van der Waals surface area contributed by atoms with Crippen LogP contribution in [0.2, 0.25) is 0 Å². The van der Waals surface area contributed by atoms with Crippen molar-refractivity contribution in [3.63, 3.8) is 0 Å². The van der Waals surface area contributed by atoms with Gasteiger partial charge in [-0.25, -0.2) is 14.6 Å². The number of nitrogens with one attached hydrogen (secondary N) is 3. The van der Waals surface area contributed by atoms with Crippen molar-refractivity contribution in [3.8, 4) is 11.1 Å². The lowest BCUT2D eigenvalue weighted by molar-refractivity contribution is -0.139. The Morgan fingerprint density at radius 2 is 1.68 bits per heavy atom. The molecular formula is C26H24N4O3S. The molecule has 0 saturated carbocycles. The predicted molar refractivity (Wildman–Crippen MR) is 134 cm³/mol. The number of carboxylic acid groups (broad SMARTS) is 1. The number of amides is 2. The molecule has 0 spiro atoms. The first-order chi connectivity index (χ1) is 16.6. The summed E-state index contributed by atoms with van der Waals surface area (Å²) in [5.41, 5.74) is 4.57. The normalized spacial score (nSPS) is 11.5. The summed E-state index contributed by atoms with van der Waals surface area (Å²) in [4.78, 5) is 31.5. The molecule has 0 bridgehead atoms. The standard InChI is InChI=1S/C26H24N4O3S/c31-24(32)23(16-18-5-4-6-19(15-18)17-34-26-27-13-14-28-26)30-25(33)29-22-11-9-21(10-12-22)20-7-2-1-3-8-20/h1-15,23H,16-17H2,(H,27,28)(H,31,32)(H2,29,30,33). The van der Waals surface area contributed by atoms with Crippen molar-refractivity contribution in [1.29, 1.82) is 0 Å². The number of thioether (sulfide) groups is 1. The highest BCUT2D eigenvalue weighted by molar-refractivity contribution is 7.98. The van der Waals surface area contributed by atoms with E-state index in [0.29, 0.717) is 11.4 Å². The van der Waals surface area contributed by atoms with E-state index < -0.39 is 18.0 Å². The lowest BCUT2D eigenvalue weighted by atomic mass is 10.0. The molecule has 172 valence electrons. The van der Waals surface area contributed by atoms with Gasteiger partial charge in [-0.15, -0.1) is 0 Å². The Morgan fingerprint density at radius 1 is 0.941 bits per heavy atom. The molecular weight excluding hydrogens is 448 g/mol. The van der Waals surface area contributed by atoms with Gasteiger partial charge in [0.15, 0.2) is 5.16 Å². The SMILES string of the molecule is O=C(Nc1ccc(-c2ccccc2)cc1)NC(Cc1cccc(CSc2ncc[nH]2)c1)C(=O)O. The van der Waals surface area contributed by atoms with E-state index >= 15 is 0 Å². The van der Waals surface area contributed by atoms with Gasteiger partial charge in [0.05, 0.1) is 0 Å². The number of carboxylic acids is 1. The van der Waals surface area contributed by atoms with Crippen molar-refractivity contribution in [2.24, 2.45) is 0 Å². The number of imidazole rings is 1. The Hall–Kier alpha value is -4.04. The highest BCUT2D eigenvalue weighted by Gasteiger charge is 2.20. The van der Waals surface area contributed by atoms with Gasteiger partial charge in [-0.05, 0) is 34.4 Å². The molecule has 3 aromatic carbocycles. The van der Waals surface area contributed by atoms with Gasteiger partial charge in [0.25, 0.3) is 0 Å². The summed E-state index contributed by atoms with van der Waals surface area (Å²) in [6.45, 7) is 0. The monoisotopic (exact) mass is 472 g/mol. The van der Waals surface area contributed by atoms with E-state index in [1.54, 1.807) is 36.3 Å². The van der Waals surface area contributed by atoms with E-state index in [1.807, 2.05) is 66.7 Å². The Balaban J connectivity index is 1.34. The number of nitrogens with zero attached hydrogens (tertiary/aromatic N) is 1. The van der Waals surface area contributed by atoms with Crippen LogP contribution in [0.15, 0.2) is 96.4 Å². The van der Waals surface area contributed by atoms with Crippen LogP contribution in [0.5, 0.6) is 0 Å². The minimum absolute atomic E-state index is 0.176. The molecule has 0 aliphatic rings. The van der Waals surface area contributed by atoms with Gasteiger partial charge in [0.2, 0.25) is 0 Å². The Bertz CT molecular complexity index is 1230. The summed E-state index contributed by atoms with van der Waals surface area (Å²) in [6.07, 6.45) is 3.64. The molecule has 1 heterocycles. The molecule has 0 radical (unpaired) electrons. The van der Waals surface area contributed by atoms with Crippen LogP contribution in [-0.2, 0) is 17.0 Å². The molecule has 4 aromatic rings. The maximum Gasteiger partial charge on any atom is 0.326 e. The fourth-order valence-electron chi connectivity index (χ4n) is 3.47. The van der Waals surface area contributed by atoms with Crippen molar-refractivity contribution in [1.82, 2.24) is 15.3 Å². The number of carbonyl (C=O) groups is 2. The van der Waals surface area contributed by atoms with E-state index in [2.05, 4.69) is 20.6 Å². The number of rotatable bonds is 9. The molecule has 4 N–H and O–H groups in total. The zero-order valence-electron chi connectivity index (χ0n) is 18.3. The number of aromatic amines is 1. The van der Waals surface area contributed by atoms with Crippen LogP contribution in [0, 0.1) is 0 Å². The van der Waals surface area contributed by atoms with Gasteiger partial charge < -0.3 is 20.7 Å². The van der Waals surface area contributed by atoms with E-state index in [9.17, 15) is 14.7 Å². The smallest absolute Gasteiger partial charge is 0.326 e. The van der Waals surface area contributed by atoms with Crippen molar-refractivity contribution >= 4 is 29.4 Å². The average Bonchev–Trinajstić information content (AvgIpc) is 3.37. The number of carbonyl (C=O) groups excluding carboxylic acids is 1. The maximum atomic E-state index is 12.5. The van der Waals surface area contributed by atoms with Crippen molar-refractivity contribution in [2.45, 2.75) is 23.4 Å². The molecule has 1 aromatic heterocycles. The van der Waals surface area contributed by atoms with Crippen LogP contribution in [0.3, 0.4) is 0 Å². The topological polar surface area (TPSA) is 107 Å². The first-order valence-corrected chi connectivity index (χ1v) is 11.7. The summed E-state index contributed by atoms with van der Waals surface area (Å²) < 4.78 is 0. The first-order valence-electron chi connectivity index (χ1n) is 10.7. The number of aromatic nitrogens is 2. The molecule has 7 nitrogen and oxygen atoms in total.